The van der Waals surface area contributed by atoms with Crippen molar-refractivity contribution in [1.29, 1.82) is 0 Å². The van der Waals surface area contributed by atoms with Crippen LogP contribution in [-0.2, 0) is 0 Å². The van der Waals surface area contributed by atoms with Crippen molar-refractivity contribution in [3.05, 3.63) is 11.1 Å². The molecule has 7 aliphatic rings. The van der Waals surface area contributed by atoms with E-state index < -0.39 is 0 Å². The lowest BCUT2D eigenvalue weighted by Gasteiger charge is -2.57. The van der Waals surface area contributed by atoms with E-state index in [2.05, 4.69) is 61.0 Å². The first kappa shape index (κ1) is 33.2. The summed E-state index contributed by atoms with van der Waals surface area (Å²) in [7, 11) is 0. The molecular formula is C45H76. The Kier molecular flexibility index (Phi) is 9.28. The van der Waals surface area contributed by atoms with Crippen LogP contribution in [-0.4, -0.2) is 0 Å². The Morgan fingerprint density at radius 2 is 1.40 bits per heavy atom. The summed E-state index contributed by atoms with van der Waals surface area (Å²) in [4.78, 5) is 0. The molecule has 7 rings (SSSR count). The van der Waals surface area contributed by atoms with Gasteiger partial charge in [0.2, 0.25) is 0 Å². The molecule has 0 amide bonds. The summed E-state index contributed by atoms with van der Waals surface area (Å²) >= 11 is 0. The standard InChI is InChI=1S/C45H76/c1-29-18-34(19-29)25-40(33(5)24-37-13-12-32(37)4)41(38-22-31(3)23-38)27-45(28-43(6,7)8,39-10-9-11-39)42(36-14-15-36)44(16-17-44)26-35-20-30(2)21-35/h29-35,37-41H,9-28H2,1-8H3. The van der Waals surface area contributed by atoms with Gasteiger partial charge in [0, 0.05) is 0 Å². The van der Waals surface area contributed by atoms with Gasteiger partial charge in [-0.2, -0.15) is 0 Å². The van der Waals surface area contributed by atoms with Crippen LogP contribution in [0.15, 0.2) is 11.1 Å². The van der Waals surface area contributed by atoms with Crippen molar-refractivity contribution in [2.24, 2.45) is 87.3 Å². The van der Waals surface area contributed by atoms with Gasteiger partial charge in [-0.25, -0.2) is 0 Å². The van der Waals surface area contributed by atoms with E-state index in [4.69, 9.17) is 0 Å². The van der Waals surface area contributed by atoms with Crippen molar-refractivity contribution in [3.8, 4) is 0 Å². The summed E-state index contributed by atoms with van der Waals surface area (Å²) in [6.07, 6.45) is 30.6. The van der Waals surface area contributed by atoms with Crippen molar-refractivity contribution in [2.45, 2.75) is 184 Å². The Morgan fingerprint density at radius 3 is 1.84 bits per heavy atom. The summed E-state index contributed by atoms with van der Waals surface area (Å²) in [5.41, 5.74) is 5.70. The minimum atomic E-state index is 0.403. The van der Waals surface area contributed by atoms with E-state index in [1.54, 1.807) is 51.4 Å². The molecule has 7 saturated carbocycles. The topological polar surface area (TPSA) is 0 Å². The Morgan fingerprint density at radius 1 is 0.778 bits per heavy atom. The first-order valence-electron chi connectivity index (χ1n) is 21.1. The van der Waals surface area contributed by atoms with Crippen LogP contribution >= 0.6 is 0 Å². The summed E-state index contributed by atoms with van der Waals surface area (Å²) < 4.78 is 0. The normalized spacial score (nSPS) is 40.4. The summed E-state index contributed by atoms with van der Waals surface area (Å²) in [5.74, 6) is 11.9. The molecule has 0 heteroatoms. The third kappa shape index (κ3) is 6.95. The molecule has 0 bridgehead atoms. The average Bonchev–Trinajstić information content (AvgIpc) is 3.81. The van der Waals surface area contributed by atoms with Gasteiger partial charge in [0.15, 0.2) is 0 Å². The SMILES string of the molecule is CC1CC(CC(C(C)CC2CCC2C)C(CC(CC(C)(C)C)(C(=C2CC2)C2(CC3CC(C)C3)CC2)C2CCC2)C2CC(C)C2)C1. The highest BCUT2D eigenvalue weighted by Crippen LogP contribution is 2.72. The molecule has 7 fully saturated rings. The summed E-state index contributed by atoms with van der Waals surface area (Å²) in [6, 6.07) is 0. The third-order valence-corrected chi connectivity index (χ3v) is 16.1. The molecule has 45 heavy (non-hydrogen) atoms. The quantitative estimate of drug-likeness (QED) is 0.161. The van der Waals surface area contributed by atoms with E-state index in [0.717, 1.165) is 71.0 Å². The second kappa shape index (κ2) is 12.6. The van der Waals surface area contributed by atoms with Gasteiger partial charge in [-0.15, -0.1) is 0 Å². The smallest absolute Gasteiger partial charge is 0.00438 e. The van der Waals surface area contributed by atoms with Gasteiger partial charge in [0.1, 0.15) is 0 Å². The molecule has 0 heterocycles. The fraction of sp³-hybridized carbons (Fsp3) is 0.956. The van der Waals surface area contributed by atoms with Crippen LogP contribution in [0.25, 0.3) is 0 Å². The van der Waals surface area contributed by atoms with Gasteiger partial charge in [0.05, 0.1) is 0 Å². The Hall–Kier alpha value is -0.260. The zero-order valence-corrected chi connectivity index (χ0v) is 31.6. The maximum absolute atomic E-state index is 2.78. The van der Waals surface area contributed by atoms with Crippen LogP contribution in [0.1, 0.15) is 184 Å². The van der Waals surface area contributed by atoms with Crippen LogP contribution in [0, 0.1) is 87.3 Å². The number of hydrogen-bond acceptors (Lipinski definition) is 0. The van der Waals surface area contributed by atoms with E-state index >= 15 is 0 Å². The highest BCUT2D eigenvalue weighted by Gasteiger charge is 2.61. The molecule has 6 atom stereocenters. The van der Waals surface area contributed by atoms with Gasteiger partial charge in [-0.1, -0.05) is 79.4 Å². The molecule has 0 saturated heterocycles. The largest absolute Gasteiger partial charge is 0.0692 e. The van der Waals surface area contributed by atoms with Crippen LogP contribution in [0.3, 0.4) is 0 Å². The number of rotatable bonds is 15. The van der Waals surface area contributed by atoms with E-state index in [1.807, 2.05) is 5.57 Å². The lowest BCUT2D eigenvalue weighted by molar-refractivity contribution is -0.0352. The van der Waals surface area contributed by atoms with Crippen molar-refractivity contribution >= 4 is 0 Å². The fourth-order valence-corrected chi connectivity index (χ4v) is 13.4. The Labute approximate surface area is 281 Å². The van der Waals surface area contributed by atoms with E-state index in [1.165, 1.54) is 77.0 Å². The van der Waals surface area contributed by atoms with E-state index in [-0.39, 0.29) is 0 Å². The molecule has 0 aromatic rings. The maximum Gasteiger partial charge on any atom is -0.00438 e. The Balaban J connectivity index is 1.27. The molecule has 0 radical (unpaired) electrons. The summed E-state index contributed by atoms with van der Waals surface area (Å²) in [5, 5.41) is 0. The molecule has 6 unspecified atom stereocenters. The molecule has 0 spiro atoms. The van der Waals surface area contributed by atoms with Gasteiger partial charge in [-0.3, -0.25) is 0 Å². The second-order valence-corrected chi connectivity index (χ2v) is 21.5. The maximum atomic E-state index is 2.78. The Bertz CT molecular complexity index is 1040. The molecule has 0 nitrogen and oxygen atoms in total. The highest BCUT2D eigenvalue weighted by atomic mass is 14.7. The van der Waals surface area contributed by atoms with Crippen LogP contribution in [0.4, 0.5) is 0 Å². The number of hydrogen-bond donors (Lipinski definition) is 0. The molecule has 0 aromatic carbocycles. The van der Waals surface area contributed by atoms with Gasteiger partial charge in [0.25, 0.3) is 0 Å². The monoisotopic (exact) mass is 617 g/mol. The van der Waals surface area contributed by atoms with Gasteiger partial charge >= 0.3 is 0 Å². The number of allylic oxidation sites excluding steroid dienone is 2. The van der Waals surface area contributed by atoms with Crippen molar-refractivity contribution < 1.29 is 0 Å². The summed E-state index contributed by atoms with van der Waals surface area (Å²) in [6.45, 7) is 20.9. The molecule has 0 aromatic heterocycles. The van der Waals surface area contributed by atoms with E-state index in [0.29, 0.717) is 16.2 Å². The zero-order valence-electron chi connectivity index (χ0n) is 31.6. The van der Waals surface area contributed by atoms with Crippen molar-refractivity contribution in [1.82, 2.24) is 0 Å². The minimum Gasteiger partial charge on any atom is -0.0692 e. The third-order valence-electron chi connectivity index (χ3n) is 16.1. The molecule has 0 aliphatic heterocycles. The highest BCUT2D eigenvalue weighted by molar-refractivity contribution is 5.41. The predicted octanol–water partition coefficient (Wildman–Crippen LogP) is 13.7. The molecular weight excluding hydrogens is 540 g/mol. The van der Waals surface area contributed by atoms with Crippen LogP contribution in [0.2, 0.25) is 0 Å². The first-order valence-corrected chi connectivity index (χ1v) is 21.1. The van der Waals surface area contributed by atoms with Gasteiger partial charge < -0.3 is 0 Å². The van der Waals surface area contributed by atoms with Crippen LogP contribution < -0.4 is 0 Å². The lowest BCUT2D eigenvalue weighted by Crippen LogP contribution is -2.48. The van der Waals surface area contributed by atoms with Crippen molar-refractivity contribution in [3.63, 3.8) is 0 Å². The van der Waals surface area contributed by atoms with Crippen LogP contribution in [0.5, 0.6) is 0 Å². The molecule has 7 aliphatic carbocycles. The fourth-order valence-electron chi connectivity index (χ4n) is 13.4. The zero-order chi connectivity index (χ0) is 31.7. The van der Waals surface area contributed by atoms with Gasteiger partial charge in [-0.05, 0) is 203 Å². The molecule has 0 N–H and O–H groups in total. The van der Waals surface area contributed by atoms with Crippen molar-refractivity contribution in [2.75, 3.05) is 0 Å². The first-order chi connectivity index (χ1) is 21.3. The minimum absolute atomic E-state index is 0.403. The van der Waals surface area contributed by atoms with E-state index in [9.17, 15) is 0 Å². The predicted molar refractivity (Wildman–Crippen MR) is 194 cm³/mol. The molecule has 256 valence electrons. The second-order valence-electron chi connectivity index (χ2n) is 21.5. The lowest BCUT2D eigenvalue weighted by atomic mass is 9.47. The average molecular weight is 617 g/mol.